The Morgan fingerprint density at radius 2 is 1.61 bits per heavy atom. The fraction of sp³-hybridized carbons (Fsp3) is 0.217. The van der Waals surface area contributed by atoms with E-state index in [0.717, 1.165) is 53.8 Å². The van der Waals surface area contributed by atoms with E-state index in [2.05, 4.69) is 29.0 Å². The molecule has 0 atom stereocenters. The second-order valence-corrected chi connectivity index (χ2v) is 7.55. The summed E-state index contributed by atoms with van der Waals surface area (Å²) in [4.78, 5) is 23.9. The molecule has 2 aromatic carbocycles. The molecule has 1 fully saturated rings. The molecule has 2 N–H and O–H groups in total. The zero-order valence-corrected chi connectivity index (χ0v) is 17.7. The van der Waals surface area contributed by atoms with Gasteiger partial charge in [-0.25, -0.2) is 9.59 Å². The van der Waals surface area contributed by atoms with Gasteiger partial charge in [0.1, 0.15) is 11.5 Å². The summed E-state index contributed by atoms with van der Waals surface area (Å²) in [6.07, 6.45) is 3.34. The minimum atomic E-state index is -1.26. The molecule has 8 heteroatoms. The largest absolute Gasteiger partial charge is 0.478 e. The number of aliphatic carboxylic acids is 2. The van der Waals surface area contributed by atoms with E-state index in [4.69, 9.17) is 26.6 Å². The number of likely N-dealkylation sites (N-methyl/N-ethyl adjacent to an activating group) is 1. The average Bonchev–Trinajstić information content (AvgIpc) is 2.90. The summed E-state index contributed by atoms with van der Waals surface area (Å²) in [6, 6.07) is 14.0. The standard InChI is InChI=1S/C19H19ClN2O.C4H4O4/c1-21-8-10-22(11-9-21)17-12-14-4-2-3-5-18(14)23-19-7-6-15(20)13-16(17)19;5-3(6)1-2-4(7)8/h2-7,12-13H,8-11H2,1H3;1-2H,(H,5,6)(H,7,8)/b;2-1+. The third-order valence-corrected chi connectivity index (χ3v) is 5.10. The van der Waals surface area contributed by atoms with Gasteiger partial charge in [0.15, 0.2) is 0 Å². The molecule has 4 rings (SSSR count). The Labute approximate surface area is 185 Å². The molecule has 0 amide bonds. The first kappa shape index (κ1) is 22.4. The highest BCUT2D eigenvalue weighted by molar-refractivity contribution is 6.30. The van der Waals surface area contributed by atoms with Crippen molar-refractivity contribution in [2.45, 2.75) is 0 Å². The smallest absolute Gasteiger partial charge is 0.328 e. The van der Waals surface area contributed by atoms with E-state index in [1.54, 1.807) is 0 Å². The molecule has 0 saturated carbocycles. The van der Waals surface area contributed by atoms with E-state index in [-0.39, 0.29) is 0 Å². The Bertz CT molecular complexity index is 1010. The lowest BCUT2D eigenvalue weighted by Gasteiger charge is -2.35. The molecule has 0 aromatic heterocycles. The highest BCUT2D eigenvalue weighted by Gasteiger charge is 2.23. The van der Waals surface area contributed by atoms with Gasteiger partial charge in [-0.05, 0) is 37.4 Å². The number of hydrogen-bond donors (Lipinski definition) is 2. The Morgan fingerprint density at radius 1 is 0.968 bits per heavy atom. The van der Waals surface area contributed by atoms with E-state index in [1.807, 2.05) is 36.4 Å². The first-order valence-electron chi connectivity index (χ1n) is 9.69. The van der Waals surface area contributed by atoms with Crippen LogP contribution in [-0.2, 0) is 9.59 Å². The van der Waals surface area contributed by atoms with Crippen molar-refractivity contribution >= 4 is 35.3 Å². The van der Waals surface area contributed by atoms with Crippen LogP contribution in [0.5, 0.6) is 11.5 Å². The number of benzene rings is 2. The monoisotopic (exact) mass is 442 g/mol. The van der Waals surface area contributed by atoms with Crippen LogP contribution in [0.25, 0.3) is 11.8 Å². The van der Waals surface area contributed by atoms with Crippen molar-refractivity contribution in [3.63, 3.8) is 0 Å². The molecular weight excluding hydrogens is 420 g/mol. The summed E-state index contributed by atoms with van der Waals surface area (Å²) in [7, 11) is 2.17. The first-order chi connectivity index (χ1) is 14.8. The molecular formula is C23H23ClN2O5. The summed E-state index contributed by atoms with van der Waals surface area (Å²) < 4.78 is 6.15. The molecule has 31 heavy (non-hydrogen) atoms. The zero-order chi connectivity index (χ0) is 22.4. The quantitative estimate of drug-likeness (QED) is 0.696. The second kappa shape index (κ2) is 10.1. The zero-order valence-electron chi connectivity index (χ0n) is 17.0. The van der Waals surface area contributed by atoms with Gasteiger partial charge in [0.25, 0.3) is 0 Å². The van der Waals surface area contributed by atoms with Crippen LogP contribution >= 0.6 is 11.6 Å². The Hall–Kier alpha value is -3.29. The van der Waals surface area contributed by atoms with Crippen molar-refractivity contribution in [2.75, 3.05) is 33.2 Å². The molecule has 0 bridgehead atoms. The van der Waals surface area contributed by atoms with E-state index in [9.17, 15) is 9.59 Å². The van der Waals surface area contributed by atoms with Gasteiger partial charge < -0.3 is 24.7 Å². The van der Waals surface area contributed by atoms with E-state index in [1.165, 1.54) is 5.70 Å². The molecule has 0 radical (unpaired) electrons. The lowest BCUT2D eigenvalue weighted by Crippen LogP contribution is -2.43. The maximum Gasteiger partial charge on any atom is 0.328 e. The number of piperazine rings is 1. The van der Waals surface area contributed by atoms with Crippen molar-refractivity contribution in [3.05, 3.63) is 70.8 Å². The van der Waals surface area contributed by atoms with Crippen molar-refractivity contribution < 1.29 is 24.5 Å². The van der Waals surface area contributed by atoms with Gasteiger partial charge in [-0.2, -0.15) is 0 Å². The SMILES string of the molecule is CN1CCN(C2=Cc3ccccc3Oc3ccc(Cl)cc32)CC1.O=C(O)/C=C/C(=O)O. The minimum Gasteiger partial charge on any atom is -0.478 e. The van der Waals surface area contributed by atoms with Crippen LogP contribution in [0, 0.1) is 0 Å². The van der Waals surface area contributed by atoms with Gasteiger partial charge in [-0.3, -0.25) is 0 Å². The number of para-hydroxylation sites is 1. The topological polar surface area (TPSA) is 90.3 Å². The number of carbonyl (C=O) groups is 2. The number of nitrogens with zero attached hydrogens (tertiary/aromatic N) is 2. The number of ether oxygens (including phenoxy) is 1. The third kappa shape index (κ3) is 6.10. The Kier molecular flexibility index (Phi) is 7.33. The van der Waals surface area contributed by atoms with E-state index in [0.29, 0.717) is 12.2 Å². The molecule has 2 aliphatic heterocycles. The third-order valence-electron chi connectivity index (χ3n) is 4.86. The summed E-state index contributed by atoms with van der Waals surface area (Å²) in [5.74, 6) is -0.760. The van der Waals surface area contributed by atoms with E-state index >= 15 is 0 Å². The average molecular weight is 443 g/mol. The number of hydrogen-bond acceptors (Lipinski definition) is 5. The van der Waals surface area contributed by atoms with Crippen LogP contribution in [0.4, 0.5) is 0 Å². The normalized spacial score (nSPS) is 15.5. The molecule has 7 nitrogen and oxygen atoms in total. The first-order valence-corrected chi connectivity index (χ1v) is 10.1. The predicted octanol–water partition coefficient (Wildman–Crippen LogP) is 3.90. The molecule has 2 aliphatic rings. The maximum atomic E-state index is 9.55. The molecule has 0 unspecified atom stereocenters. The number of rotatable bonds is 3. The van der Waals surface area contributed by atoms with Gasteiger partial charge in [-0.1, -0.05) is 29.8 Å². The minimum absolute atomic E-state index is 0.558. The highest BCUT2D eigenvalue weighted by Crippen LogP contribution is 2.40. The summed E-state index contributed by atoms with van der Waals surface area (Å²) in [6.45, 7) is 4.15. The Morgan fingerprint density at radius 3 is 2.26 bits per heavy atom. The van der Waals surface area contributed by atoms with Crippen LogP contribution in [0.1, 0.15) is 11.1 Å². The van der Waals surface area contributed by atoms with Crippen LogP contribution in [-0.4, -0.2) is 65.2 Å². The number of carboxylic acid groups (broad SMARTS) is 2. The molecule has 162 valence electrons. The van der Waals surface area contributed by atoms with Crippen molar-refractivity contribution in [1.82, 2.24) is 9.80 Å². The molecule has 2 aromatic rings. The molecule has 0 aliphatic carbocycles. The fourth-order valence-electron chi connectivity index (χ4n) is 3.28. The van der Waals surface area contributed by atoms with Gasteiger partial charge in [0, 0.05) is 60.2 Å². The van der Waals surface area contributed by atoms with Gasteiger partial charge in [0.2, 0.25) is 0 Å². The highest BCUT2D eigenvalue weighted by atomic mass is 35.5. The maximum absolute atomic E-state index is 9.55. The summed E-state index contributed by atoms with van der Waals surface area (Å²) in [5, 5.41) is 16.4. The fourth-order valence-corrected chi connectivity index (χ4v) is 3.45. The number of carboxylic acids is 2. The van der Waals surface area contributed by atoms with Crippen LogP contribution in [0.15, 0.2) is 54.6 Å². The van der Waals surface area contributed by atoms with Gasteiger partial charge >= 0.3 is 11.9 Å². The van der Waals surface area contributed by atoms with E-state index < -0.39 is 11.9 Å². The Balaban J connectivity index is 0.000000293. The van der Waals surface area contributed by atoms with Crippen LogP contribution in [0.2, 0.25) is 5.02 Å². The molecule has 1 saturated heterocycles. The van der Waals surface area contributed by atoms with Gasteiger partial charge in [-0.15, -0.1) is 0 Å². The molecule has 0 spiro atoms. The van der Waals surface area contributed by atoms with Crippen molar-refractivity contribution in [2.24, 2.45) is 0 Å². The lowest BCUT2D eigenvalue weighted by atomic mass is 10.1. The summed E-state index contributed by atoms with van der Waals surface area (Å²) in [5.41, 5.74) is 3.37. The predicted molar refractivity (Wildman–Crippen MR) is 119 cm³/mol. The number of fused-ring (bicyclic) bond motifs is 2. The second-order valence-electron chi connectivity index (χ2n) is 7.11. The van der Waals surface area contributed by atoms with Crippen LogP contribution in [0.3, 0.4) is 0 Å². The number of halogens is 1. The lowest BCUT2D eigenvalue weighted by molar-refractivity contribution is -0.134. The van der Waals surface area contributed by atoms with Crippen LogP contribution < -0.4 is 4.74 Å². The van der Waals surface area contributed by atoms with Crippen molar-refractivity contribution in [1.29, 1.82) is 0 Å². The van der Waals surface area contributed by atoms with Gasteiger partial charge in [0.05, 0.1) is 0 Å². The van der Waals surface area contributed by atoms with Crippen molar-refractivity contribution in [3.8, 4) is 11.5 Å². The summed E-state index contributed by atoms with van der Waals surface area (Å²) >= 11 is 6.26. The molecule has 2 heterocycles.